The standard InChI is InChI=1S/C21H26N4O.C2H2O4/c1-3-24(4-2)13-14-26-23-21(16-25-12-11-22-17-25)20-10-9-18-7-5-6-8-19(18)15-20;3-1(4)2(5)6/h5-12,15,17H,3-4,13-14,16H2,1-2H3;(H,3,4)(H,5,6)/b23-21-;. The molecule has 0 unspecified atom stereocenters. The van der Waals surface area contributed by atoms with Crippen LogP contribution < -0.4 is 0 Å². The predicted octanol–water partition coefficient (Wildman–Crippen LogP) is 2.95. The van der Waals surface area contributed by atoms with Gasteiger partial charge in [0, 0.05) is 24.5 Å². The lowest BCUT2D eigenvalue weighted by molar-refractivity contribution is -0.159. The van der Waals surface area contributed by atoms with Crippen LogP contribution in [0.2, 0.25) is 0 Å². The Morgan fingerprint density at radius 1 is 1.06 bits per heavy atom. The SMILES string of the molecule is CCN(CC)CCO/N=C(/Cn1ccnc1)c1ccc2ccccc2c1.O=C(O)C(=O)O. The first kappa shape index (κ1) is 24.5. The molecule has 0 fully saturated rings. The molecule has 0 atom stereocenters. The summed E-state index contributed by atoms with van der Waals surface area (Å²) in [5, 5.41) is 21.7. The van der Waals surface area contributed by atoms with E-state index in [1.807, 2.05) is 10.8 Å². The molecule has 2 aromatic carbocycles. The van der Waals surface area contributed by atoms with E-state index in [1.165, 1.54) is 10.8 Å². The Hall–Kier alpha value is -3.72. The van der Waals surface area contributed by atoms with Crippen LogP contribution in [0.3, 0.4) is 0 Å². The van der Waals surface area contributed by atoms with Gasteiger partial charge in [0.2, 0.25) is 0 Å². The minimum absolute atomic E-state index is 0.586. The Morgan fingerprint density at radius 3 is 2.34 bits per heavy atom. The number of rotatable bonds is 9. The van der Waals surface area contributed by atoms with Gasteiger partial charge < -0.3 is 24.5 Å². The van der Waals surface area contributed by atoms with E-state index in [2.05, 4.69) is 71.4 Å². The number of aliphatic carboxylic acids is 2. The topological polar surface area (TPSA) is 117 Å². The zero-order valence-corrected chi connectivity index (χ0v) is 18.2. The summed E-state index contributed by atoms with van der Waals surface area (Å²) in [6, 6.07) is 14.7. The second-order valence-corrected chi connectivity index (χ2v) is 6.81. The van der Waals surface area contributed by atoms with E-state index in [4.69, 9.17) is 24.6 Å². The van der Waals surface area contributed by atoms with E-state index < -0.39 is 11.9 Å². The molecule has 9 nitrogen and oxygen atoms in total. The Labute approximate surface area is 186 Å². The van der Waals surface area contributed by atoms with E-state index in [-0.39, 0.29) is 0 Å². The summed E-state index contributed by atoms with van der Waals surface area (Å²) >= 11 is 0. The van der Waals surface area contributed by atoms with Gasteiger partial charge in [0.25, 0.3) is 0 Å². The molecule has 32 heavy (non-hydrogen) atoms. The number of carboxylic acids is 2. The zero-order chi connectivity index (χ0) is 23.3. The number of fused-ring (bicyclic) bond motifs is 1. The summed E-state index contributed by atoms with van der Waals surface area (Å²) < 4.78 is 2.00. The highest BCUT2D eigenvalue weighted by Crippen LogP contribution is 2.17. The lowest BCUT2D eigenvalue weighted by Gasteiger charge is -2.17. The van der Waals surface area contributed by atoms with Crippen LogP contribution in [-0.4, -0.2) is 68.6 Å². The number of carboxylic acid groups (broad SMARTS) is 2. The molecule has 2 N–H and O–H groups in total. The molecule has 170 valence electrons. The van der Waals surface area contributed by atoms with Crippen molar-refractivity contribution in [2.24, 2.45) is 5.16 Å². The number of hydrogen-bond acceptors (Lipinski definition) is 6. The molecule has 0 radical (unpaired) electrons. The fraction of sp³-hybridized carbons (Fsp3) is 0.304. The van der Waals surface area contributed by atoms with Crippen molar-refractivity contribution in [3.05, 3.63) is 66.7 Å². The number of likely N-dealkylation sites (N-methyl/N-ethyl adjacent to an activating group) is 1. The second-order valence-electron chi connectivity index (χ2n) is 6.81. The molecule has 0 spiro atoms. The Balaban J connectivity index is 0.000000534. The average molecular weight is 441 g/mol. The zero-order valence-electron chi connectivity index (χ0n) is 18.2. The van der Waals surface area contributed by atoms with Crippen molar-refractivity contribution in [1.29, 1.82) is 0 Å². The molecule has 3 rings (SSSR count). The highest BCUT2D eigenvalue weighted by atomic mass is 16.6. The second kappa shape index (κ2) is 12.9. The van der Waals surface area contributed by atoms with E-state index in [0.29, 0.717) is 13.2 Å². The van der Waals surface area contributed by atoms with Crippen LogP contribution in [0.25, 0.3) is 10.8 Å². The van der Waals surface area contributed by atoms with Gasteiger partial charge in [-0.25, -0.2) is 14.6 Å². The monoisotopic (exact) mass is 440 g/mol. The summed E-state index contributed by atoms with van der Waals surface area (Å²) in [5.41, 5.74) is 1.97. The van der Waals surface area contributed by atoms with Gasteiger partial charge in [-0.2, -0.15) is 0 Å². The Kier molecular flexibility index (Phi) is 9.86. The van der Waals surface area contributed by atoms with Gasteiger partial charge in [-0.1, -0.05) is 55.4 Å². The maximum absolute atomic E-state index is 9.10. The molecule has 0 aliphatic rings. The lowest BCUT2D eigenvalue weighted by atomic mass is 10.0. The number of benzene rings is 2. The third-order valence-corrected chi connectivity index (χ3v) is 4.73. The predicted molar refractivity (Wildman–Crippen MR) is 122 cm³/mol. The average Bonchev–Trinajstić information content (AvgIpc) is 3.31. The smallest absolute Gasteiger partial charge is 0.414 e. The van der Waals surface area contributed by atoms with Crippen LogP contribution in [0, 0.1) is 0 Å². The normalized spacial score (nSPS) is 11.2. The highest BCUT2D eigenvalue weighted by Gasteiger charge is 2.08. The van der Waals surface area contributed by atoms with E-state index >= 15 is 0 Å². The first-order valence-electron chi connectivity index (χ1n) is 10.3. The molecule has 0 aliphatic heterocycles. The van der Waals surface area contributed by atoms with Crippen LogP contribution in [0.5, 0.6) is 0 Å². The Bertz CT molecular complexity index is 1020. The first-order valence-corrected chi connectivity index (χ1v) is 10.3. The van der Waals surface area contributed by atoms with Gasteiger partial charge in [0.15, 0.2) is 0 Å². The molecule has 9 heteroatoms. The number of oxime groups is 1. The molecule has 1 aromatic heterocycles. The summed E-state index contributed by atoms with van der Waals surface area (Å²) in [7, 11) is 0. The third-order valence-electron chi connectivity index (χ3n) is 4.73. The molecule has 0 amide bonds. The Morgan fingerprint density at radius 2 is 1.75 bits per heavy atom. The van der Waals surface area contributed by atoms with Crippen LogP contribution in [0.4, 0.5) is 0 Å². The summed E-state index contributed by atoms with van der Waals surface area (Å²) in [6.45, 7) is 8.46. The van der Waals surface area contributed by atoms with E-state index in [9.17, 15) is 0 Å². The number of imidazole rings is 1. The minimum Gasteiger partial charge on any atom is -0.473 e. The summed E-state index contributed by atoms with van der Waals surface area (Å²) in [4.78, 5) is 30.3. The van der Waals surface area contributed by atoms with Gasteiger partial charge in [-0.3, -0.25) is 0 Å². The maximum Gasteiger partial charge on any atom is 0.414 e. The number of hydrogen-bond donors (Lipinski definition) is 2. The van der Waals surface area contributed by atoms with Crippen molar-refractivity contribution in [3.63, 3.8) is 0 Å². The number of nitrogens with zero attached hydrogens (tertiary/aromatic N) is 4. The molecule has 0 saturated heterocycles. The molecular formula is C23H28N4O5. The third kappa shape index (κ3) is 7.84. The summed E-state index contributed by atoms with van der Waals surface area (Å²) in [5.74, 6) is -3.65. The van der Waals surface area contributed by atoms with E-state index in [1.54, 1.807) is 12.5 Å². The van der Waals surface area contributed by atoms with Crippen LogP contribution in [-0.2, 0) is 21.0 Å². The molecule has 0 saturated carbocycles. The molecular weight excluding hydrogens is 412 g/mol. The highest BCUT2D eigenvalue weighted by molar-refractivity contribution is 6.27. The fourth-order valence-electron chi connectivity index (χ4n) is 2.93. The van der Waals surface area contributed by atoms with Crippen LogP contribution in [0.1, 0.15) is 19.4 Å². The lowest BCUT2D eigenvalue weighted by Crippen LogP contribution is -2.26. The summed E-state index contributed by atoms with van der Waals surface area (Å²) in [6.07, 6.45) is 5.51. The molecule has 0 bridgehead atoms. The largest absolute Gasteiger partial charge is 0.473 e. The van der Waals surface area contributed by atoms with Gasteiger partial charge in [-0.05, 0) is 29.9 Å². The number of carbonyl (C=O) groups is 2. The van der Waals surface area contributed by atoms with Crippen molar-refractivity contribution in [2.75, 3.05) is 26.2 Å². The van der Waals surface area contributed by atoms with E-state index in [0.717, 1.165) is 30.9 Å². The van der Waals surface area contributed by atoms with Crippen molar-refractivity contribution in [3.8, 4) is 0 Å². The van der Waals surface area contributed by atoms with Crippen LogP contribution in [0.15, 0.2) is 66.3 Å². The number of aromatic nitrogens is 2. The first-order chi connectivity index (χ1) is 15.4. The van der Waals surface area contributed by atoms with Crippen molar-refractivity contribution in [2.45, 2.75) is 20.4 Å². The van der Waals surface area contributed by atoms with Crippen molar-refractivity contribution in [1.82, 2.24) is 14.5 Å². The minimum atomic E-state index is -1.82. The van der Waals surface area contributed by atoms with Crippen molar-refractivity contribution < 1.29 is 24.6 Å². The van der Waals surface area contributed by atoms with Gasteiger partial charge >= 0.3 is 11.9 Å². The molecule has 1 heterocycles. The molecule has 0 aliphatic carbocycles. The van der Waals surface area contributed by atoms with Gasteiger partial charge in [0.05, 0.1) is 12.9 Å². The van der Waals surface area contributed by atoms with Gasteiger partial charge in [0.1, 0.15) is 12.3 Å². The quantitative estimate of drug-likeness (QED) is 0.227. The van der Waals surface area contributed by atoms with Gasteiger partial charge in [-0.15, -0.1) is 0 Å². The fourth-order valence-corrected chi connectivity index (χ4v) is 2.93. The maximum atomic E-state index is 9.10. The van der Waals surface area contributed by atoms with Crippen molar-refractivity contribution >= 4 is 28.4 Å². The van der Waals surface area contributed by atoms with Crippen LogP contribution >= 0.6 is 0 Å². The molecule has 3 aromatic rings.